The van der Waals surface area contributed by atoms with Gasteiger partial charge < -0.3 is 35.0 Å². The number of nitrogens with one attached hydrogen (secondary N) is 1. The number of carbonyl (C=O) groups is 1. The fourth-order valence-corrected chi connectivity index (χ4v) is 6.15. The number of alkyl halides is 3. The van der Waals surface area contributed by atoms with Crippen molar-refractivity contribution in [3.05, 3.63) is 47.7 Å². The first-order valence-electron chi connectivity index (χ1n) is 14.4. The van der Waals surface area contributed by atoms with Crippen molar-refractivity contribution in [1.82, 2.24) is 20.2 Å². The molecule has 13 heteroatoms. The van der Waals surface area contributed by atoms with Gasteiger partial charge in [0.2, 0.25) is 0 Å². The Balaban J connectivity index is 0.000000472. The fourth-order valence-electron chi connectivity index (χ4n) is 6.15. The van der Waals surface area contributed by atoms with Crippen LogP contribution in [0.4, 0.5) is 24.7 Å². The number of anilines is 2. The lowest BCUT2D eigenvalue weighted by atomic mass is 10.0. The lowest BCUT2D eigenvalue weighted by Gasteiger charge is -2.37. The summed E-state index contributed by atoms with van der Waals surface area (Å²) in [6, 6.07) is 13.5. The molecule has 4 heterocycles. The van der Waals surface area contributed by atoms with Crippen LogP contribution in [0.15, 0.2) is 36.4 Å². The molecule has 3 unspecified atom stereocenters. The van der Waals surface area contributed by atoms with Gasteiger partial charge in [-0.2, -0.15) is 23.1 Å². The highest BCUT2D eigenvalue weighted by molar-refractivity contribution is 5.95. The highest BCUT2D eigenvalue weighted by Crippen LogP contribution is 2.37. The summed E-state index contributed by atoms with van der Waals surface area (Å²) in [7, 11) is 4.10. The highest BCUT2D eigenvalue weighted by Gasteiger charge is 2.38. The molecule has 10 nitrogen and oxygen atoms in total. The Morgan fingerprint density at radius 1 is 1.14 bits per heavy atom. The van der Waals surface area contributed by atoms with Crippen molar-refractivity contribution in [2.24, 2.45) is 0 Å². The molecule has 3 aromatic rings. The van der Waals surface area contributed by atoms with Crippen LogP contribution in [0.1, 0.15) is 31.0 Å². The number of hydrogen-bond donors (Lipinski definition) is 3. The van der Waals surface area contributed by atoms with E-state index in [4.69, 9.17) is 24.6 Å². The molecule has 43 heavy (non-hydrogen) atoms. The number of fused-ring (bicyclic) bond motifs is 4. The van der Waals surface area contributed by atoms with Crippen LogP contribution >= 0.6 is 0 Å². The van der Waals surface area contributed by atoms with Gasteiger partial charge in [-0.25, -0.2) is 4.79 Å². The van der Waals surface area contributed by atoms with Gasteiger partial charge in [-0.1, -0.05) is 24.3 Å². The van der Waals surface area contributed by atoms with Crippen molar-refractivity contribution in [2.45, 2.75) is 57.1 Å². The van der Waals surface area contributed by atoms with E-state index < -0.39 is 12.1 Å². The number of carboxylic acids is 1. The molecule has 6 rings (SSSR count). The number of aromatic nitrogens is 2. The standard InChI is InChI=1S/C28H36N6O2.C2HF3O2/c1-18(14-32(2)3)36-28-30-25-17-33(26-13-22(35)12-19-6-4-5-7-23(19)26)11-10-24(25)27(31-28)34-15-20-8-9-21(16-34)29-20;3-2(4,5)1(6)7/h4-7,12-13,18,20-21,29,35H,8-11,14-17H2,1-3H3;(H,6,7). The van der Waals surface area contributed by atoms with Crippen molar-refractivity contribution >= 4 is 28.2 Å². The Hall–Kier alpha value is -3.84. The van der Waals surface area contributed by atoms with Crippen molar-refractivity contribution in [2.75, 3.05) is 50.1 Å². The summed E-state index contributed by atoms with van der Waals surface area (Å²) in [6.07, 6.45) is -1.77. The minimum absolute atomic E-state index is 0.0141. The van der Waals surface area contributed by atoms with E-state index in [2.05, 4.69) is 39.1 Å². The Kier molecular flexibility index (Phi) is 8.84. The molecule has 3 N–H and O–H groups in total. The molecule has 2 fully saturated rings. The molecule has 2 aromatic carbocycles. The van der Waals surface area contributed by atoms with Gasteiger partial charge in [0, 0.05) is 61.0 Å². The lowest BCUT2D eigenvalue weighted by Crippen LogP contribution is -2.52. The number of carboxylic acid groups (broad SMARTS) is 1. The third-order valence-corrected chi connectivity index (χ3v) is 7.88. The second kappa shape index (κ2) is 12.4. The van der Waals surface area contributed by atoms with Gasteiger partial charge in [-0.3, -0.25) is 0 Å². The zero-order valence-electron chi connectivity index (χ0n) is 24.4. The molecular formula is C30H37F3N6O4. The third kappa shape index (κ3) is 7.21. The summed E-state index contributed by atoms with van der Waals surface area (Å²) >= 11 is 0. The topological polar surface area (TPSA) is 114 Å². The summed E-state index contributed by atoms with van der Waals surface area (Å²) < 4.78 is 38.0. The molecule has 1 aromatic heterocycles. The number of benzene rings is 2. The van der Waals surface area contributed by atoms with Crippen molar-refractivity contribution in [1.29, 1.82) is 0 Å². The number of halogens is 3. The van der Waals surface area contributed by atoms with Crippen molar-refractivity contribution in [3.8, 4) is 11.8 Å². The molecule has 2 saturated heterocycles. The number of aromatic hydroxyl groups is 1. The maximum absolute atomic E-state index is 10.6. The molecule has 3 aliphatic rings. The van der Waals surface area contributed by atoms with Crippen LogP contribution in [-0.2, 0) is 17.8 Å². The van der Waals surface area contributed by atoms with E-state index in [-0.39, 0.29) is 11.9 Å². The Morgan fingerprint density at radius 2 is 1.81 bits per heavy atom. The number of nitrogens with zero attached hydrogens (tertiary/aromatic N) is 5. The molecule has 0 spiro atoms. The summed E-state index contributed by atoms with van der Waals surface area (Å²) in [5.74, 6) is -1.42. The maximum Gasteiger partial charge on any atom is 0.490 e. The normalized spacial score (nSPS) is 20.4. The number of aliphatic carboxylic acids is 1. The van der Waals surface area contributed by atoms with Crippen LogP contribution in [-0.4, -0.2) is 95.7 Å². The summed E-state index contributed by atoms with van der Waals surface area (Å²) in [5.41, 5.74) is 3.31. The van der Waals surface area contributed by atoms with E-state index in [0.717, 1.165) is 60.6 Å². The molecule has 3 aliphatic heterocycles. The molecular weight excluding hydrogens is 565 g/mol. The number of piperazine rings is 1. The first-order valence-corrected chi connectivity index (χ1v) is 14.4. The number of phenolic OH excluding ortho intramolecular Hbond substituents is 1. The number of phenols is 1. The number of likely N-dealkylation sites (N-methyl/N-ethyl adjacent to an activating group) is 1. The molecule has 0 radical (unpaired) electrons. The van der Waals surface area contributed by atoms with Crippen LogP contribution in [0.25, 0.3) is 10.8 Å². The molecule has 0 amide bonds. The van der Waals surface area contributed by atoms with Gasteiger partial charge in [0.25, 0.3) is 0 Å². The van der Waals surface area contributed by atoms with Crippen LogP contribution in [0, 0.1) is 0 Å². The largest absolute Gasteiger partial charge is 0.508 e. The van der Waals surface area contributed by atoms with Gasteiger partial charge in [-0.15, -0.1) is 0 Å². The number of ether oxygens (including phenoxy) is 1. The predicted octanol–water partition coefficient (Wildman–Crippen LogP) is 3.80. The first kappa shape index (κ1) is 30.6. The van der Waals surface area contributed by atoms with Crippen LogP contribution in [0.3, 0.4) is 0 Å². The van der Waals surface area contributed by atoms with Crippen molar-refractivity contribution < 1.29 is 32.9 Å². The zero-order valence-corrected chi connectivity index (χ0v) is 24.4. The van der Waals surface area contributed by atoms with Crippen LogP contribution < -0.4 is 19.9 Å². The van der Waals surface area contributed by atoms with E-state index in [1.165, 1.54) is 18.4 Å². The average Bonchev–Trinajstić information content (AvgIpc) is 3.28. The maximum atomic E-state index is 10.6. The fraction of sp³-hybridized carbons (Fsp3) is 0.500. The predicted molar refractivity (Wildman–Crippen MR) is 157 cm³/mol. The van der Waals surface area contributed by atoms with Gasteiger partial charge in [0.1, 0.15) is 17.7 Å². The highest BCUT2D eigenvalue weighted by atomic mass is 19.4. The molecule has 0 saturated carbocycles. The third-order valence-electron chi connectivity index (χ3n) is 7.88. The van der Waals surface area contributed by atoms with E-state index in [0.29, 0.717) is 24.6 Å². The Bertz CT molecular complexity index is 1460. The smallest absolute Gasteiger partial charge is 0.490 e. The van der Waals surface area contributed by atoms with E-state index in [1.807, 2.05) is 38.4 Å². The lowest BCUT2D eigenvalue weighted by molar-refractivity contribution is -0.192. The number of rotatable bonds is 6. The number of hydrogen-bond acceptors (Lipinski definition) is 9. The second-order valence-corrected chi connectivity index (χ2v) is 11.6. The van der Waals surface area contributed by atoms with Crippen LogP contribution in [0.5, 0.6) is 11.8 Å². The van der Waals surface area contributed by atoms with E-state index >= 15 is 0 Å². The molecule has 0 aliphatic carbocycles. The molecule has 2 bridgehead atoms. The summed E-state index contributed by atoms with van der Waals surface area (Å²) in [4.78, 5) is 25.8. The average molecular weight is 603 g/mol. The van der Waals surface area contributed by atoms with Gasteiger partial charge in [0.05, 0.1) is 12.2 Å². The Labute approximate surface area is 248 Å². The Morgan fingerprint density at radius 3 is 2.47 bits per heavy atom. The minimum atomic E-state index is -5.08. The van der Waals surface area contributed by atoms with Gasteiger partial charge in [-0.05, 0) is 51.7 Å². The summed E-state index contributed by atoms with van der Waals surface area (Å²) in [5, 5.41) is 23.5. The van der Waals surface area contributed by atoms with E-state index in [1.54, 1.807) is 0 Å². The monoisotopic (exact) mass is 602 g/mol. The zero-order chi connectivity index (χ0) is 30.9. The quantitative estimate of drug-likeness (QED) is 0.385. The van der Waals surface area contributed by atoms with Crippen LogP contribution in [0.2, 0.25) is 0 Å². The minimum Gasteiger partial charge on any atom is -0.508 e. The molecule has 232 valence electrons. The molecule has 3 atom stereocenters. The first-order chi connectivity index (χ1) is 20.4. The van der Waals surface area contributed by atoms with E-state index in [9.17, 15) is 18.3 Å². The van der Waals surface area contributed by atoms with Crippen molar-refractivity contribution in [3.63, 3.8) is 0 Å². The second-order valence-electron chi connectivity index (χ2n) is 11.6. The summed E-state index contributed by atoms with van der Waals surface area (Å²) in [6.45, 7) is 6.34. The SMILES string of the molecule is CC(CN(C)C)Oc1nc2c(c(N3CC4CCC(C3)N4)n1)CCN(c1cc(O)cc3ccccc13)C2.O=C(O)C(F)(F)F. The van der Waals surface area contributed by atoms with Gasteiger partial charge >= 0.3 is 18.2 Å². The van der Waals surface area contributed by atoms with Gasteiger partial charge in [0.15, 0.2) is 0 Å².